The van der Waals surface area contributed by atoms with E-state index in [2.05, 4.69) is 0 Å². The number of esters is 1. The Labute approximate surface area is 165 Å². The van der Waals surface area contributed by atoms with Gasteiger partial charge < -0.3 is 29.4 Å². The maximum atomic E-state index is 11.9. The van der Waals surface area contributed by atoms with Crippen molar-refractivity contribution in [3.8, 4) is 11.8 Å². The number of carbonyl (C=O) groups is 2. The van der Waals surface area contributed by atoms with Crippen LogP contribution < -0.4 is 4.84 Å². The fraction of sp³-hybridized carbons (Fsp3) is 0.684. The maximum absolute atomic E-state index is 11.9. The van der Waals surface area contributed by atoms with E-state index >= 15 is 0 Å². The molecule has 1 heterocycles. The second-order valence-electron chi connectivity index (χ2n) is 7.70. The minimum Gasteiger partial charge on any atom is -0.492 e. The van der Waals surface area contributed by atoms with Crippen LogP contribution in [0.2, 0.25) is 0 Å². The fourth-order valence-corrected chi connectivity index (χ4v) is 2.32. The highest BCUT2D eigenvalue weighted by atomic mass is 16.7. The van der Waals surface area contributed by atoms with Crippen molar-refractivity contribution in [1.82, 2.24) is 9.63 Å². The quantitative estimate of drug-likeness (QED) is 0.509. The summed E-state index contributed by atoms with van der Waals surface area (Å²) >= 11 is 0. The van der Waals surface area contributed by atoms with Gasteiger partial charge in [-0.3, -0.25) is 4.79 Å². The van der Waals surface area contributed by atoms with Gasteiger partial charge in [0.1, 0.15) is 0 Å². The van der Waals surface area contributed by atoms with Crippen LogP contribution in [-0.2, 0) is 19.1 Å². The third-order valence-electron chi connectivity index (χ3n) is 4.02. The average molecular weight is 400 g/mol. The molecule has 0 radical (unpaired) electrons. The van der Waals surface area contributed by atoms with Crippen LogP contribution in [0.25, 0.3) is 0 Å². The van der Waals surface area contributed by atoms with Crippen LogP contribution in [0.4, 0.5) is 0 Å². The summed E-state index contributed by atoms with van der Waals surface area (Å²) in [5.74, 6) is -2.19. The van der Waals surface area contributed by atoms with Gasteiger partial charge in [0.2, 0.25) is 11.8 Å². The number of carbonyl (C=O) groups excluding carboxylic acids is 2. The summed E-state index contributed by atoms with van der Waals surface area (Å²) in [7, 11) is 3.94. The molecule has 1 atom stereocenters. The lowest BCUT2D eigenvalue weighted by Crippen LogP contribution is -2.30. The molecule has 160 valence electrons. The predicted octanol–water partition coefficient (Wildman–Crippen LogP) is 1.56. The van der Waals surface area contributed by atoms with Gasteiger partial charge in [0, 0.05) is 31.5 Å². The molecule has 0 saturated carbocycles. The molecule has 0 spiro atoms. The number of likely N-dealkylation sites (N-methyl/N-ethyl adjacent to an activating group) is 1. The lowest BCUT2D eigenvalue weighted by atomic mass is 10.0. The van der Waals surface area contributed by atoms with Gasteiger partial charge >= 0.3 is 11.9 Å². The Morgan fingerprint density at radius 2 is 1.68 bits per heavy atom. The van der Waals surface area contributed by atoms with Gasteiger partial charge in [-0.1, -0.05) is 6.92 Å². The standard InChI is InChI=1S/C19H32N2O7/c1-14(13-18(25)28-21-15(22)6-7-16(21)23)12-17(24)26-10-8-19(2,3)27-11-9-20(4)5/h6-7,14,22-23H,8-13H2,1-5H3. The van der Waals surface area contributed by atoms with Crippen LogP contribution in [0.5, 0.6) is 11.8 Å². The van der Waals surface area contributed by atoms with Crippen molar-refractivity contribution in [3.05, 3.63) is 12.1 Å². The van der Waals surface area contributed by atoms with E-state index in [4.69, 9.17) is 14.3 Å². The Hall–Kier alpha value is -2.26. The zero-order valence-electron chi connectivity index (χ0n) is 17.3. The number of ether oxygens (including phenoxy) is 2. The molecular weight excluding hydrogens is 368 g/mol. The number of rotatable bonds is 12. The summed E-state index contributed by atoms with van der Waals surface area (Å²) in [5, 5.41) is 18.9. The highest BCUT2D eigenvalue weighted by molar-refractivity contribution is 5.73. The Morgan fingerprint density at radius 1 is 1.11 bits per heavy atom. The number of hydrogen-bond acceptors (Lipinski definition) is 8. The Kier molecular flexibility index (Phi) is 9.27. The van der Waals surface area contributed by atoms with Gasteiger partial charge in [0.05, 0.1) is 25.2 Å². The van der Waals surface area contributed by atoms with E-state index in [9.17, 15) is 19.8 Å². The molecule has 0 fully saturated rings. The molecule has 0 aromatic carbocycles. The number of aromatic hydroxyl groups is 2. The second kappa shape index (κ2) is 10.9. The predicted molar refractivity (Wildman–Crippen MR) is 102 cm³/mol. The van der Waals surface area contributed by atoms with Gasteiger partial charge in [-0.05, 0) is 33.9 Å². The lowest BCUT2D eigenvalue weighted by Gasteiger charge is -2.26. The maximum Gasteiger partial charge on any atom is 0.333 e. The smallest absolute Gasteiger partial charge is 0.333 e. The monoisotopic (exact) mass is 400 g/mol. The van der Waals surface area contributed by atoms with Gasteiger partial charge in [-0.25, -0.2) is 4.79 Å². The molecule has 0 saturated heterocycles. The van der Waals surface area contributed by atoms with Gasteiger partial charge in [-0.15, -0.1) is 4.73 Å². The molecule has 0 bridgehead atoms. The van der Waals surface area contributed by atoms with Crippen LogP contribution in [0.1, 0.15) is 40.0 Å². The first-order valence-corrected chi connectivity index (χ1v) is 9.25. The van der Waals surface area contributed by atoms with E-state index in [1.165, 1.54) is 12.1 Å². The van der Waals surface area contributed by atoms with Crippen LogP contribution in [0, 0.1) is 5.92 Å². The molecule has 1 aromatic rings. The molecular formula is C19H32N2O7. The minimum atomic E-state index is -0.683. The largest absolute Gasteiger partial charge is 0.492 e. The molecule has 9 heteroatoms. The van der Waals surface area contributed by atoms with Crippen LogP contribution >= 0.6 is 0 Å². The normalized spacial score (nSPS) is 12.8. The molecule has 9 nitrogen and oxygen atoms in total. The highest BCUT2D eigenvalue weighted by Crippen LogP contribution is 2.20. The van der Waals surface area contributed by atoms with E-state index in [0.717, 1.165) is 6.54 Å². The first-order valence-electron chi connectivity index (χ1n) is 9.25. The topological polar surface area (TPSA) is 110 Å². The van der Waals surface area contributed by atoms with E-state index in [1.807, 2.05) is 32.8 Å². The Balaban J connectivity index is 2.28. The molecule has 0 aliphatic carbocycles. The van der Waals surface area contributed by atoms with Crippen molar-refractivity contribution in [2.24, 2.45) is 5.92 Å². The molecule has 0 aliphatic rings. The number of hydrogen-bond donors (Lipinski definition) is 2. The van der Waals surface area contributed by atoms with Crippen molar-refractivity contribution in [1.29, 1.82) is 0 Å². The zero-order chi connectivity index (χ0) is 21.3. The SMILES string of the molecule is CC(CC(=O)OCCC(C)(C)OCCN(C)C)CC(=O)On1c(O)ccc1O. The summed E-state index contributed by atoms with van der Waals surface area (Å²) in [6, 6.07) is 2.38. The van der Waals surface area contributed by atoms with E-state index in [-0.39, 0.29) is 25.4 Å². The van der Waals surface area contributed by atoms with Crippen molar-refractivity contribution in [2.75, 3.05) is 33.9 Å². The Morgan fingerprint density at radius 3 is 2.25 bits per heavy atom. The molecule has 1 unspecified atom stereocenters. The van der Waals surface area contributed by atoms with Crippen LogP contribution in [0.3, 0.4) is 0 Å². The first-order chi connectivity index (χ1) is 13.0. The van der Waals surface area contributed by atoms with Gasteiger partial charge in [0.15, 0.2) is 0 Å². The lowest BCUT2D eigenvalue weighted by molar-refractivity contribution is -0.149. The summed E-state index contributed by atoms with van der Waals surface area (Å²) < 4.78 is 11.6. The zero-order valence-corrected chi connectivity index (χ0v) is 17.3. The minimum absolute atomic E-state index is 0.0562. The summed E-state index contributed by atoms with van der Waals surface area (Å²) in [5.41, 5.74) is -0.396. The number of aromatic nitrogens is 1. The highest BCUT2D eigenvalue weighted by Gasteiger charge is 2.21. The van der Waals surface area contributed by atoms with Crippen molar-refractivity contribution in [2.45, 2.75) is 45.6 Å². The fourth-order valence-electron chi connectivity index (χ4n) is 2.32. The second-order valence-corrected chi connectivity index (χ2v) is 7.70. The van der Waals surface area contributed by atoms with Crippen molar-refractivity contribution in [3.63, 3.8) is 0 Å². The molecule has 0 aliphatic heterocycles. The molecule has 1 aromatic heterocycles. The third-order valence-corrected chi connectivity index (χ3v) is 4.02. The Bertz CT molecular complexity index is 621. The summed E-state index contributed by atoms with van der Waals surface area (Å²) in [6.45, 7) is 7.25. The van der Waals surface area contributed by atoms with Crippen LogP contribution in [0.15, 0.2) is 12.1 Å². The van der Waals surface area contributed by atoms with Crippen LogP contribution in [-0.4, -0.2) is 71.2 Å². The average Bonchev–Trinajstić information content (AvgIpc) is 2.85. The molecule has 28 heavy (non-hydrogen) atoms. The molecule has 0 amide bonds. The van der Waals surface area contributed by atoms with E-state index < -0.39 is 29.3 Å². The molecule has 2 N–H and O–H groups in total. The summed E-state index contributed by atoms with van der Waals surface area (Å²) in [4.78, 5) is 30.7. The third kappa shape index (κ3) is 9.09. The summed E-state index contributed by atoms with van der Waals surface area (Å²) in [6.07, 6.45) is 0.556. The van der Waals surface area contributed by atoms with Crippen molar-refractivity contribution < 1.29 is 34.1 Å². The number of nitrogens with zero attached hydrogens (tertiary/aromatic N) is 2. The van der Waals surface area contributed by atoms with E-state index in [1.54, 1.807) is 6.92 Å². The first kappa shape index (κ1) is 23.8. The molecule has 1 rings (SSSR count). The van der Waals surface area contributed by atoms with Gasteiger partial charge in [0.25, 0.3) is 0 Å². The van der Waals surface area contributed by atoms with E-state index in [0.29, 0.717) is 17.8 Å². The van der Waals surface area contributed by atoms with Gasteiger partial charge in [-0.2, -0.15) is 0 Å². The van der Waals surface area contributed by atoms with Crippen molar-refractivity contribution >= 4 is 11.9 Å².